The van der Waals surface area contributed by atoms with Gasteiger partial charge in [0.15, 0.2) is 0 Å². The smallest absolute Gasteiger partial charge is 0.213 e. The number of rotatable bonds is 1. The van der Waals surface area contributed by atoms with Gasteiger partial charge >= 0.3 is 0 Å². The van der Waals surface area contributed by atoms with Crippen LogP contribution in [-0.4, -0.2) is 17.2 Å². The van der Waals surface area contributed by atoms with E-state index in [0.717, 1.165) is 18.4 Å². The SMILES string of the molecule is Fc1cc(C2CC3CCC2O3)ccn1. The standard InChI is InChI=1S/C11H12FNO/c12-11-5-7(3-4-13-11)9-6-8-1-2-10(9)14-8/h3-5,8-10H,1-2,6H2. The monoisotopic (exact) mass is 193 g/mol. The predicted molar refractivity (Wildman–Crippen MR) is 49.4 cm³/mol. The van der Waals surface area contributed by atoms with Gasteiger partial charge < -0.3 is 4.74 Å². The van der Waals surface area contributed by atoms with E-state index in [2.05, 4.69) is 4.98 Å². The molecule has 2 nitrogen and oxygen atoms in total. The summed E-state index contributed by atoms with van der Waals surface area (Å²) in [5.41, 5.74) is 1.05. The largest absolute Gasteiger partial charge is 0.374 e. The lowest BCUT2D eigenvalue weighted by Crippen LogP contribution is -2.14. The molecule has 14 heavy (non-hydrogen) atoms. The molecule has 0 amide bonds. The van der Waals surface area contributed by atoms with Crippen molar-refractivity contribution in [3.05, 3.63) is 29.8 Å². The number of nitrogens with zero attached hydrogens (tertiary/aromatic N) is 1. The van der Waals surface area contributed by atoms with Crippen molar-refractivity contribution in [1.82, 2.24) is 4.98 Å². The van der Waals surface area contributed by atoms with Gasteiger partial charge in [0.1, 0.15) is 0 Å². The number of halogens is 1. The first kappa shape index (κ1) is 8.36. The average Bonchev–Trinajstić information content (AvgIpc) is 2.78. The summed E-state index contributed by atoms with van der Waals surface area (Å²) in [6.07, 6.45) is 5.63. The Hall–Kier alpha value is -0.960. The Balaban J connectivity index is 1.89. The van der Waals surface area contributed by atoms with Crippen LogP contribution < -0.4 is 0 Å². The number of hydrogen-bond acceptors (Lipinski definition) is 2. The molecular weight excluding hydrogens is 181 g/mol. The van der Waals surface area contributed by atoms with E-state index in [9.17, 15) is 4.39 Å². The molecule has 0 spiro atoms. The molecule has 3 heterocycles. The second-order valence-corrected chi connectivity index (χ2v) is 4.13. The first-order chi connectivity index (χ1) is 6.83. The van der Waals surface area contributed by atoms with E-state index in [4.69, 9.17) is 4.74 Å². The molecule has 0 aromatic carbocycles. The molecule has 1 aromatic heterocycles. The summed E-state index contributed by atoms with van der Waals surface area (Å²) in [6, 6.07) is 3.44. The van der Waals surface area contributed by atoms with Crippen molar-refractivity contribution >= 4 is 0 Å². The Bertz CT molecular complexity index is 355. The highest BCUT2D eigenvalue weighted by Gasteiger charge is 2.41. The molecule has 2 aliphatic rings. The lowest BCUT2D eigenvalue weighted by Gasteiger charge is -2.18. The molecular formula is C11H12FNO. The zero-order valence-corrected chi connectivity index (χ0v) is 7.82. The lowest BCUT2D eigenvalue weighted by molar-refractivity contribution is 0.101. The summed E-state index contributed by atoms with van der Waals surface area (Å²) >= 11 is 0. The second kappa shape index (κ2) is 3.02. The van der Waals surface area contributed by atoms with Crippen molar-refractivity contribution in [3.63, 3.8) is 0 Å². The van der Waals surface area contributed by atoms with Crippen LogP contribution in [0.1, 0.15) is 30.7 Å². The van der Waals surface area contributed by atoms with E-state index in [1.54, 1.807) is 0 Å². The fourth-order valence-corrected chi connectivity index (χ4v) is 2.64. The second-order valence-electron chi connectivity index (χ2n) is 4.13. The molecule has 2 saturated heterocycles. The fourth-order valence-electron chi connectivity index (χ4n) is 2.64. The van der Waals surface area contributed by atoms with Crippen molar-refractivity contribution in [1.29, 1.82) is 0 Å². The Morgan fingerprint density at radius 1 is 1.43 bits per heavy atom. The van der Waals surface area contributed by atoms with Gasteiger partial charge in [-0.1, -0.05) is 0 Å². The molecule has 0 saturated carbocycles. The molecule has 2 aliphatic heterocycles. The summed E-state index contributed by atoms with van der Waals surface area (Å²) in [5.74, 6) is 0.0107. The molecule has 2 bridgehead atoms. The fraction of sp³-hybridized carbons (Fsp3) is 0.545. The van der Waals surface area contributed by atoms with E-state index >= 15 is 0 Å². The van der Waals surface area contributed by atoms with Gasteiger partial charge in [-0.05, 0) is 37.0 Å². The first-order valence-corrected chi connectivity index (χ1v) is 5.10. The zero-order chi connectivity index (χ0) is 9.54. The van der Waals surface area contributed by atoms with Crippen LogP contribution in [0, 0.1) is 5.95 Å². The van der Waals surface area contributed by atoms with Crippen molar-refractivity contribution in [2.75, 3.05) is 0 Å². The number of fused-ring (bicyclic) bond motifs is 2. The van der Waals surface area contributed by atoms with E-state index in [-0.39, 0.29) is 5.95 Å². The summed E-state index contributed by atoms with van der Waals surface area (Å²) < 4.78 is 18.6. The van der Waals surface area contributed by atoms with Gasteiger partial charge in [0.05, 0.1) is 12.2 Å². The molecule has 3 heteroatoms. The maximum absolute atomic E-state index is 12.9. The third kappa shape index (κ3) is 1.23. The van der Waals surface area contributed by atoms with Crippen LogP contribution >= 0.6 is 0 Å². The number of ether oxygens (including phenoxy) is 1. The van der Waals surface area contributed by atoms with Crippen LogP contribution in [0.25, 0.3) is 0 Å². The topological polar surface area (TPSA) is 22.1 Å². The van der Waals surface area contributed by atoms with Gasteiger partial charge in [-0.3, -0.25) is 0 Å². The highest BCUT2D eigenvalue weighted by Crippen LogP contribution is 2.44. The van der Waals surface area contributed by atoms with Crippen molar-refractivity contribution in [2.45, 2.75) is 37.4 Å². The minimum Gasteiger partial charge on any atom is -0.374 e. The van der Waals surface area contributed by atoms with Crippen LogP contribution in [-0.2, 0) is 4.74 Å². The number of aromatic nitrogens is 1. The molecule has 1 aromatic rings. The van der Waals surface area contributed by atoms with Crippen molar-refractivity contribution in [2.24, 2.45) is 0 Å². The van der Waals surface area contributed by atoms with Gasteiger partial charge in [-0.25, -0.2) is 4.98 Å². The minimum absolute atomic E-state index is 0.321. The lowest BCUT2D eigenvalue weighted by atomic mass is 9.84. The average molecular weight is 193 g/mol. The first-order valence-electron chi connectivity index (χ1n) is 5.10. The summed E-state index contributed by atoms with van der Waals surface area (Å²) in [7, 11) is 0. The van der Waals surface area contributed by atoms with Crippen molar-refractivity contribution in [3.8, 4) is 0 Å². The number of hydrogen-bond donors (Lipinski definition) is 0. The van der Waals surface area contributed by atoms with Crippen LogP contribution in [0.3, 0.4) is 0 Å². The normalized spacial score (nSPS) is 35.1. The highest BCUT2D eigenvalue weighted by molar-refractivity contribution is 5.21. The Morgan fingerprint density at radius 2 is 2.36 bits per heavy atom. The third-order valence-corrected chi connectivity index (χ3v) is 3.28. The molecule has 2 fully saturated rings. The van der Waals surface area contributed by atoms with E-state index in [0.29, 0.717) is 18.1 Å². The molecule has 3 rings (SSSR count). The van der Waals surface area contributed by atoms with Gasteiger partial charge in [-0.15, -0.1) is 0 Å². The van der Waals surface area contributed by atoms with Crippen LogP contribution in [0.4, 0.5) is 4.39 Å². The zero-order valence-electron chi connectivity index (χ0n) is 7.82. The van der Waals surface area contributed by atoms with E-state index in [1.165, 1.54) is 18.7 Å². The van der Waals surface area contributed by atoms with Gasteiger partial charge in [0.25, 0.3) is 0 Å². The maximum Gasteiger partial charge on any atom is 0.213 e. The molecule has 74 valence electrons. The van der Waals surface area contributed by atoms with E-state index in [1.807, 2.05) is 6.07 Å². The van der Waals surface area contributed by atoms with E-state index < -0.39 is 0 Å². The Morgan fingerprint density at radius 3 is 3.00 bits per heavy atom. The summed E-state index contributed by atoms with van der Waals surface area (Å²) in [5, 5.41) is 0. The van der Waals surface area contributed by atoms with Gasteiger partial charge in [0.2, 0.25) is 5.95 Å². The Kier molecular flexibility index (Phi) is 1.80. The summed E-state index contributed by atoms with van der Waals surface area (Å²) in [6.45, 7) is 0. The van der Waals surface area contributed by atoms with Crippen LogP contribution in [0.5, 0.6) is 0 Å². The molecule has 0 aliphatic carbocycles. The van der Waals surface area contributed by atoms with Gasteiger partial charge in [-0.2, -0.15) is 4.39 Å². The quantitative estimate of drug-likeness (QED) is 0.638. The molecule has 3 atom stereocenters. The maximum atomic E-state index is 12.9. The van der Waals surface area contributed by atoms with Crippen LogP contribution in [0.15, 0.2) is 18.3 Å². The number of pyridine rings is 1. The molecule has 0 radical (unpaired) electrons. The predicted octanol–water partition coefficient (Wildman–Crippen LogP) is 2.26. The minimum atomic E-state index is -0.384. The molecule has 0 N–H and O–H groups in total. The molecule has 3 unspecified atom stereocenters. The third-order valence-electron chi connectivity index (χ3n) is 3.28. The summed E-state index contributed by atoms with van der Waals surface area (Å²) in [4.78, 5) is 3.57. The van der Waals surface area contributed by atoms with Gasteiger partial charge in [0, 0.05) is 12.1 Å². The van der Waals surface area contributed by atoms with Crippen LogP contribution in [0.2, 0.25) is 0 Å². The van der Waals surface area contributed by atoms with Crippen molar-refractivity contribution < 1.29 is 9.13 Å². The highest BCUT2D eigenvalue weighted by atomic mass is 19.1. The Labute approximate surface area is 82.1 Å².